The Morgan fingerprint density at radius 3 is 1.07 bits per heavy atom. The topological polar surface area (TPSA) is 74.2 Å². The molecule has 8 heteroatoms. The van der Waals surface area contributed by atoms with E-state index >= 15 is 0 Å². The third-order valence-electron chi connectivity index (χ3n) is 11.1. The molecule has 1 heterocycles. The van der Waals surface area contributed by atoms with Crippen molar-refractivity contribution in [2.24, 2.45) is 0 Å². The molecule has 1 radical (unpaired) electrons. The number of fused-ring (bicyclic) bond motifs is 7. The Balaban J connectivity index is 0.00000567. The zero-order valence-corrected chi connectivity index (χ0v) is 38.7. The molecule has 309 valence electrons. The van der Waals surface area contributed by atoms with Crippen molar-refractivity contribution in [1.29, 1.82) is 0 Å². The Morgan fingerprint density at radius 2 is 0.793 bits per heavy atom. The van der Waals surface area contributed by atoms with Crippen LogP contribution in [0.15, 0.2) is 84.9 Å². The molecule has 6 aromatic rings. The Bertz CT molecular complexity index is 2380. The fraction of sp³-hybridized carbons (Fsp3) is 0.360. The van der Waals surface area contributed by atoms with Gasteiger partial charge >= 0.3 is 7.82 Å². The minimum atomic E-state index is -4.80. The molecule has 0 aliphatic carbocycles. The molecule has 0 saturated carbocycles. The molecule has 1 N–H and O–H groups in total. The summed E-state index contributed by atoms with van der Waals surface area (Å²) in [5.74, 6) is 2.27. The molecular weight excluding hydrogens is 835 g/mol. The van der Waals surface area contributed by atoms with Gasteiger partial charge in [-0.1, -0.05) is 132 Å². The van der Waals surface area contributed by atoms with Gasteiger partial charge in [-0.05, 0) is 90.7 Å². The van der Waals surface area contributed by atoms with Crippen molar-refractivity contribution in [3.63, 3.8) is 0 Å². The van der Waals surface area contributed by atoms with Crippen LogP contribution in [0.3, 0.4) is 0 Å². The van der Waals surface area contributed by atoms with Gasteiger partial charge in [-0.3, -0.25) is 4.89 Å². The van der Waals surface area contributed by atoms with Crippen molar-refractivity contribution in [2.45, 2.75) is 105 Å². The van der Waals surface area contributed by atoms with Crippen LogP contribution in [0.5, 0.6) is 23.0 Å². The standard InChI is InChI=1S/C50H57O6P.Ag/c1-47(2,3)37-25-31(26-38(45(37)53-13)48(4,5)6)35-23-29-19-15-17-21-33(29)41-42-34-22-18-16-20-30(34)24-36(44(42)56-57(51,52)55-43(35)41)32-27-39(49(7,8)9)46(54-14)40(28-32)50(10,11)12;/h15-28H,1-14H3,(H,51,52);. The van der Waals surface area contributed by atoms with Crippen molar-refractivity contribution in [3.8, 4) is 56.4 Å². The van der Waals surface area contributed by atoms with Gasteiger partial charge in [0.05, 0.1) is 14.2 Å². The minimum absolute atomic E-state index is 0. The van der Waals surface area contributed by atoms with Crippen LogP contribution in [0.4, 0.5) is 0 Å². The van der Waals surface area contributed by atoms with E-state index in [0.717, 1.165) is 66.4 Å². The van der Waals surface area contributed by atoms with Crippen LogP contribution in [-0.2, 0) is 48.6 Å². The van der Waals surface area contributed by atoms with Gasteiger partial charge in [0.2, 0.25) is 0 Å². The van der Waals surface area contributed by atoms with Gasteiger partial charge in [-0.2, -0.15) is 0 Å². The predicted octanol–water partition coefficient (Wildman–Crippen LogP) is 14.1. The zero-order valence-electron chi connectivity index (χ0n) is 36.3. The normalized spacial score (nSPS) is 14.1. The number of benzene rings is 6. The molecule has 0 aromatic heterocycles. The molecule has 7 rings (SSSR count). The number of rotatable bonds is 4. The summed E-state index contributed by atoms with van der Waals surface area (Å²) in [5.41, 5.74) is 7.51. The van der Waals surface area contributed by atoms with Crippen molar-refractivity contribution in [3.05, 3.63) is 107 Å². The van der Waals surface area contributed by atoms with Gasteiger partial charge in [0.25, 0.3) is 0 Å². The van der Waals surface area contributed by atoms with Gasteiger partial charge < -0.3 is 18.5 Å². The molecule has 0 atom stereocenters. The number of phosphoric ester groups is 1. The van der Waals surface area contributed by atoms with Crippen molar-refractivity contribution in [2.75, 3.05) is 14.2 Å². The average molecular weight is 893 g/mol. The number of hydrogen-bond donors (Lipinski definition) is 1. The quantitative estimate of drug-likeness (QED) is 0.140. The summed E-state index contributed by atoms with van der Waals surface area (Å²) in [6.07, 6.45) is 0. The van der Waals surface area contributed by atoms with E-state index in [1.165, 1.54) is 0 Å². The second-order valence-corrected chi connectivity index (χ2v) is 20.9. The van der Waals surface area contributed by atoms with Crippen LogP contribution in [0, 0.1) is 0 Å². The van der Waals surface area contributed by atoms with Crippen LogP contribution < -0.4 is 18.5 Å². The van der Waals surface area contributed by atoms with E-state index in [0.29, 0.717) is 33.8 Å². The maximum absolute atomic E-state index is 14.6. The van der Waals surface area contributed by atoms with Gasteiger partial charge in [-0.25, -0.2) is 4.57 Å². The Labute approximate surface area is 360 Å². The largest absolute Gasteiger partial charge is 0.584 e. The molecule has 1 aliphatic rings. The van der Waals surface area contributed by atoms with Gasteiger partial charge in [0.1, 0.15) is 23.0 Å². The first-order chi connectivity index (χ1) is 26.4. The second kappa shape index (κ2) is 14.9. The zero-order chi connectivity index (χ0) is 41.6. The van der Waals surface area contributed by atoms with E-state index in [2.05, 4.69) is 144 Å². The van der Waals surface area contributed by atoms with Crippen molar-refractivity contribution >= 4 is 29.4 Å². The smallest absolute Gasteiger partial charge is 0.496 e. The van der Waals surface area contributed by atoms with Crippen LogP contribution in [0.25, 0.3) is 54.9 Å². The molecule has 58 heavy (non-hydrogen) atoms. The maximum Gasteiger partial charge on any atom is 0.584 e. The third-order valence-corrected chi connectivity index (χ3v) is 11.9. The summed E-state index contributed by atoms with van der Waals surface area (Å²) in [4.78, 5) is 11.9. The first kappa shape index (κ1) is 43.5. The van der Waals surface area contributed by atoms with Crippen LogP contribution in [0.2, 0.25) is 0 Å². The molecule has 0 unspecified atom stereocenters. The number of methoxy groups -OCH3 is 2. The molecule has 0 fully saturated rings. The molecule has 6 nitrogen and oxygen atoms in total. The van der Waals surface area contributed by atoms with Gasteiger partial charge in [-0.15, -0.1) is 0 Å². The van der Waals surface area contributed by atoms with E-state index in [4.69, 9.17) is 18.5 Å². The van der Waals surface area contributed by atoms with Crippen LogP contribution in [0.1, 0.15) is 105 Å². The molecule has 6 aromatic carbocycles. The Hall–Kier alpha value is -4.03. The maximum atomic E-state index is 14.6. The fourth-order valence-electron chi connectivity index (χ4n) is 8.26. The Morgan fingerprint density at radius 1 is 0.500 bits per heavy atom. The predicted molar refractivity (Wildman–Crippen MR) is 237 cm³/mol. The van der Waals surface area contributed by atoms with Crippen LogP contribution in [-0.4, -0.2) is 19.1 Å². The molecule has 0 amide bonds. The third kappa shape index (κ3) is 7.75. The summed E-state index contributed by atoms with van der Waals surface area (Å²) in [5, 5.41) is 3.69. The monoisotopic (exact) mass is 891 g/mol. The number of hydrogen-bond acceptors (Lipinski definition) is 5. The summed E-state index contributed by atoms with van der Waals surface area (Å²) >= 11 is 0. The molecule has 0 saturated heterocycles. The van der Waals surface area contributed by atoms with Gasteiger partial charge in [0.15, 0.2) is 0 Å². The van der Waals surface area contributed by atoms with Crippen molar-refractivity contribution < 1.29 is 50.4 Å². The first-order valence-corrected chi connectivity index (χ1v) is 21.2. The fourth-order valence-corrected chi connectivity index (χ4v) is 9.14. The number of ether oxygens (including phenoxy) is 2. The summed E-state index contributed by atoms with van der Waals surface area (Å²) < 4.78 is 39.7. The van der Waals surface area contributed by atoms with E-state index in [1.807, 2.05) is 24.3 Å². The van der Waals surface area contributed by atoms with Crippen LogP contribution >= 0.6 is 7.82 Å². The molecular formula is C50H57AgO6P. The van der Waals surface area contributed by atoms with E-state index in [-0.39, 0.29) is 44.0 Å². The summed E-state index contributed by atoms with van der Waals surface area (Å²) in [6, 6.07) is 29.0. The van der Waals surface area contributed by atoms with Gasteiger partial charge in [0, 0.05) is 66.9 Å². The van der Waals surface area contributed by atoms with Crippen molar-refractivity contribution in [1.82, 2.24) is 0 Å². The summed E-state index contributed by atoms with van der Waals surface area (Å²) in [6.45, 7) is 26.1. The minimum Gasteiger partial charge on any atom is -0.496 e. The summed E-state index contributed by atoms with van der Waals surface area (Å²) in [7, 11) is -1.36. The van der Waals surface area contributed by atoms with E-state index in [1.54, 1.807) is 14.2 Å². The Kier molecular flexibility index (Phi) is 11.2. The van der Waals surface area contributed by atoms with E-state index in [9.17, 15) is 9.46 Å². The average Bonchev–Trinajstić information content (AvgIpc) is 3.24. The second-order valence-electron chi connectivity index (χ2n) is 19.6. The molecule has 0 bridgehead atoms. The first-order valence-electron chi connectivity index (χ1n) is 19.7. The molecule has 0 spiro atoms. The van der Waals surface area contributed by atoms with E-state index < -0.39 is 7.82 Å². The SMILES string of the molecule is COc1c(C(C)(C)C)cc(-c2cc3ccccc3c3c2OP(=O)(O)Oc2c(-c4cc(C(C)(C)C)c(OC)c(C(C)(C)C)c4)cc4ccccc4c2-3)cc1C(C)(C)C.[Ag]. The number of phosphoric acid groups is 1. The molecule has 1 aliphatic heterocycles.